The third kappa shape index (κ3) is 9.02. The quantitative estimate of drug-likeness (QED) is 0.158. The molecule has 2 amide bonds. The first-order chi connectivity index (χ1) is 21.8. The molecule has 0 aromatic heterocycles. The number of anilines is 1. The van der Waals surface area contributed by atoms with Crippen LogP contribution in [0.25, 0.3) is 0 Å². The lowest BCUT2D eigenvalue weighted by atomic mass is 10.1. The van der Waals surface area contributed by atoms with E-state index in [1.54, 1.807) is 73.7 Å². The first kappa shape index (κ1) is 34.8. The molecule has 8 nitrogen and oxygen atoms in total. The number of sulfonamides is 1. The minimum absolute atomic E-state index is 0.0190. The second-order valence-corrected chi connectivity index (χ2v) is 14.0. The summed E-state index contributed by atoms with van der Waals surface area (Å²) in [5.74, 6) is 0.329. The van der Waals surface area contributed by atoms with Crippen LogP contribution in [0.3, 0.4) is 0 Å². The average molecular weight is 683 g/mol. The summed E-state index contributed by atoms with van der Waals surface area (Å²) >= 11 is 12.6. The molecule has 0 unspecified atom stereocenters. The van der Waals surface area contributed by atoms with Gasteiger partial charge in [0.25, 0.3) is 10.0 Å². The molecule has 0 spiro atoms. The van der Waals surface area contributed by atoms with Crippen molar-refractivity contribution in [3.63, 3.8) is 0 Å². The third-order valence-corrected chi connectivity index (χ3v) is 9.57. The van der Waals surface area contributed by atoms with Gasteiger partial charge < -0.3 is 15.0 Å². The molecule has 1 N–H and O–H groups in total. The summed E-state index contributed by atoms with van der Waals surface area (Å²) in [5, 5.41) is 3.61. The molecule has 0 radical (unpaired) electrons. The molecule has 0 bridgehead atoms. The number of hydrogen-bond donors (Lipinski definition) is 1. The van der Waals surface area contributed by atoms with Crippen LogP contribution in [-0.2, 0) is 26.2 Å². The van der Waals surface area contributed by atoms with E-state index >= 15 is 0 Å². The van der Waals surface area contributed by atoms with Crippen molar-refractivity contribution in [2.45, 2.75) is 45.2 Å². The molecule has 0 saturated carbocycles. The summed E-state index contributed by atoms with van der Waals surface area (Å²) in [6.45, 7) is 7.17. The number of hydrogen-bond acceptors (Lipinski definition) is 5. The largest absolute Gasteiger partial charge is 0.457 e. The summed E-state index contributed by atoms with van der Waals surface area (Å²) in [5.41, 5.74) is 1.69. The molecule has 46 heavy (non-hydrogen) atoms. The maximum absolute atomic E-state index is 14.2. The molecule has 0 saturated heterocycles. The number of halogens is 2. The van der Waals surface area contributed by atoms with Gasteiger partial charge in [-0.15, -0.1) is 0 Å². The van der Waals surface area contributed by atoms with Gasteiger partial charge in [0.15, 0.2) is 0 Å². The topological polar surface area (TPSA) is 96.0 Å². The maximum Gasteiger partial charge on any atom is 0.264 e. The van der Waals surface area contributed by atoms with Crippen molar-refractivity contribution in [3.05, 3.63) is 118 Å². The second-order valence-electron chi connectivity index (χ2n) is 11.3. The van der Waals surface area contributed by atoms with Crippen molar-refractivity contribution in [3.8, 4) is 11.5 Å². The van der Waals surface area contributed by atoms with E-state index in [0.29, 0.717) is 33.7 Å². The minimum Gasteiger partial charge on any atom is -0.457 e. The van der Waals surface area contributed by atoms with E-state index < -0.39 is 28.5 Å². The molecule has 4 aromatic carbocycles. The molecular formula is C35H37Cl2N3O5S. The molecule has 1 atom stereocenters. The van der Waals surface area contributed by atoms with Crippen LogP contribution in [0.2, 0.25) is 10.0 Å². The van der Waals surface area contributed by atoms with Gasteiger partial charge in [0.1, 0.15) is 24.1 Å². The van der Waals surface area contributed by atoms with Crippen LogP contribution in [0, 0.1) is 12.8 Å². The predicted octanol–water partition coefficient (Wildman–Crippen LogP) is 7.48. The van der Waals surface area contributed by atoms with Crippen molar-refractivity contribution in [1.29, 1.82) is 0 Å². The minimum atomic E-state index is -4.22. The van der Waals surface area contributed by atoms with Crippen LogP contribution in [0.5, 0.6) is 11.5 Å². The van der Waals surface area contributed by atoms with Gasteiger partial charge in [-0.2, -0.15) is 0 Å². The Labute approximate surface area is 280 Å². The van der Waals surface area contributed by atoms with E-state index in [2.05, 4.69) is 5.32 Å². The summed E-state index contributed by atoms with van der Waals surface area (Å²) < 4.78 is 35.2. The Bertz CT molecular complexity index is 1750. The molecule has 4 rings (SSSR count). The first-order valence-corrected chi connectivity index (χ1v) is 17.0. The highest BCUT2D eigenvalue weighted by molar-refractivity contribution is 7.92. The Kier molecular flexibility index (Phi) is 11.7. The predicted molar refractivity (Wildman–Crippen MR) is 183 cm³/mol. The standard InChI is InChI=1S/C35H37Cl2N3O5S/c1-24(2)21-38-35(42)26(4)39(22-27-12-13-28(36)20-33(27)37)34(41)23-40(46(43,44)32-18-10-25(3)11-19-32)29-14-16-31(17-15-29)45-30-8-6-5-7-9-30/h5-20,24,26H,21-23H2,1-4H3,(H,38,42)/t26-/m0/s1. The zero-order valence-corrected chi connectivity index (χ0v) is 28.4. The van der Waals surface area contributed by atoms with Crippen LogP contribution in [-0.4, -0.2) is 44.3 Å². The molecular weight excluding hydrogens is 645 g/mol. The number of amides is 2. The zero-order valence-electron chi connectivity index (χ0n) is 26.1. The van der Waals surface area contributed by atoms with Crippen molar-refractivity contribution in [2.24, 2.45) is 5.92 Å². The highest BCUT2D eigenvalue weighted by atomic mass is 35.5. The number of benzene rings is 4. The number of nitrogens with one attached hydrogen (secondary N) is 1. The van der Waals surface area contributed by atoms with Crippen LogP contribution in [0.4, 0.5) is 5.69 Å². The van der Waals surface area contributed by atoms with Crippen LogP contribution in [0.15, 0.2) is 102 Å². The molecule has 0 aliphatic carbocycles. The monoisotopic (exact) mass is 681 g/mol. The number of aryl methyl sites for hydroxylation is 1. The second kappa shape index (κ2) is 15.5. The number of rotatable bonds is 13. The fraction of sp³-hybridized carbons (Fsp3) is 0.257. The summed E-state index contributed by atoms with van der Waals surface area (Å²) in [7, 11) is -4.22. The van der Waals surface area contributed by atoms with Gasteiger partial charge in [-0.25, -0.2) is 8.42 Å². The molecule has 11 heteroatoms. The van der Waals surface area contributed by atoms with Crippen molar-refractivity contribution in [1.82, 2.24) is 10.2 Å². The molecule has 0 fully saturated rings. The summed E-state index contributed by atoms with van der Waals surface area (Å²) in [6.07, 6.45) is 0. The Morgan fingerprint density at radius 1 is 0.848 bits per heavy atom. The van der Waals surface area contributed by atoms with Crippen molar-refractivity contribution in [2.75, 3.05) is 17.4 Å². The summed E-state index contributed by atoms with van der Waals surface area (Å²) in [6, 6.07) is 25.9. The molecule has 0 heterocycles. The smallest absolute Gasteiger partial charge is 0.264 e. The first-order valence-electron chi connectivity index (χ1n) is 14.8. The third-order valence-electron chi connectivity index (χ3n) is 7.20. The van der Waals surface area contributed by atoms with Crippen molar-refractivity contribution < 1.29 is 22.7 Å². The van der Waals surface area contributed by atoms with Gasteiger partial charge in [0, 0.05) is 23.1 Å². The van der Waals surface area contributed by atoms with Gasteiger partial charge in [-0.1, -0.05) is 79.0 Å². The number of para-hydroxylation sites is 1. The maximum atomic E-state index is 14.2. The highest BCUT2D eigenvalue weighted by Gasteiger charge is 2.33. The lowest BCUT2D eigenvalue weighted by Gasteiger charge is -2.32. The number of carbonyl (C=O) groups is 2. The van der Waals surface area contributed by atoms with Gasteiger partial charge in [0.05, 0.1) is 10.6 Å². The Morgan fingerprint density at radius 3 is 2.09 bits per heavy atom. The van der Waals surface area contributed by atoms with Crippen LogP contribution >= 0.6 is 23.2 Å². The fourth-order valence-corrected chi connectivity index (χ4v) is 6.42. The molecule has 0 aliphatic rings. The number of carbonyl (C=O) groups excluding carboxylic acids is 2. The van der Waals surface area contributed by atoms with E-state index in [9.17, 15) is 18.0 Å². The van der Waals surface area contributed by atoms with E-state index in [1.807, 2.05) is 39.0 Å². The van der Waals surface area contributed by atoms with E-state index in [1.165, 1.54) is 17.0 Å². The van der Waals surface area contributed by atoms with E-state index in [-0.39, 0.29) is 29.0 Å². The Morgan fingerprint density at radius 2 is 1.48 bits per heavy atom. The average Bonchev–Trinajstić information content (AvgIpc) is 3.03. The van der Waals surface area contributed by atoms with Crippen LogP contribution < -0.4 is 14.4 Å². The Hall–Kier alpha value is -4.05. The summed E-state index contributed by atoms with van der Waals surface area (Å²) in [4.78, 5) is 28.7. The van der Waals surface area contributed by atoms with Crippen molar-refractivity contribution >= 4 is 50.7 Å². The molecule has 242 valence electrons. The fourth-order valence-electron chi connectivity index (χ4n) is 4.54. The zero-order chi connectivity index (χ0) is 33.4. The normalized spacial score (nSPS) is 12.0. The van der Waals surface area contributed by atoms with E-state index in [4.69, 9.17) is 27.9 Å². The van der Waals surface area contributed by atoms with Gasteiger partial charge in [0.2, 0.25) is 11.8 Å². The number of ether oxygens (including phenoxy) is 1. The van der Waals surface area contributed by atoms with Gasteiger partial charge in [-0.3, -0.25) is 13.9 Å². The lowest BCUT2D eigenvalue weighted by molar-refractivity contribution is -0.139. The SMILES string of the molecule is Cc1ccc(S(=O)(=O)N(CC(=O)N(Cc2ccc(Cl)cc2Cl)[C@@H](C)C(=O)NCC(C)C)c2ccc(Oc3ccccc3)cc2)cc1. The highest BCUT2D eigenvalue weighted by Crippen LogP contribution is 2.29. The van der Waals surface area contributed by atoms with Gasteiger partial charge >= 0.3 is 0 Å². The van der Waals surface area contributed by atoms with Gasteiger partial charge in [-0.05, 0) is 86.0 Å². The van der Waals surface area contributed by atoms with Crippen LogP contribution in [0.1, 0.15) is 31.9 Å². The number of nitrogens with zero attached hydrogens (tertiary/aromatic N) is 2. The van der Waals surface area contributed by atoms with E-state index in [0.717, 1.165) is 9.87 Å². The molecule has 4 aromatic rings. The molecule has 0 aliphatic heterocycles. The Balaban J connectivity index is 1.71. The lowest BCUT2D eigenvalue weighted by Crippen LogP contribution is -2.51.